The fourth-order valence-electron chi connectivity index (χ4n) is 3.82. The van der Waals surface area contributed by atoms with Crippen LogP contribution in [-0.2, 0) is 23.0 Å². The van der Waals surface area contributed by atoms with E-state index in [0.29, 0.717) is 6.42 Å². The van der Waals surface area contributed by atoms with Crippen LogP contribution in [-0.4, -0.2) is 30.9 Å². The van der Waals surface area contributed by atoms with Crippen LogP contribution in [0.25, 0.3) is 11.1 Å². The van der Waals surface area contributed by atoms with E-state index >= 15 is 0 Å². The number of hydrogen-bond donors (Lipinski definition) is 1. The topological polar surface area (TPSA) is 85.4 Å². The van der Waals surface area contributed by atoms with Gasteiger partial charge in [-0.3, -0.25) is 9.78 Å². The van der Waals surface area contributed by atoms with Gasteiger partial charge in [-0.2, -0.15) is 21.6 Å². The first kappa shape index (κ1) is 22.8. The Morgan fingerprint density at radius 2 is 1.73 bits per heavy atom. The van der Waals surface area contributed by atoms with Crippen LogP contribution in [0.15, 0.2) is 67.0 Å². The van der Waals surface area contributed by atoms with Crippen LogP contribution in [0.4, 0.5) is 13.2 Å². The molecule has 0 aliphatic heterocycles. The van der Waals surface area contributed by atoms with Crippen molar-refractivity contribution in [3.05, 3.63) is 83.7 Å². The second-order valence-electron chi connectivity index (χ2n) is 7.60. The summed E-state index contributed by atoms with van der Waals surface area (Å²) in [4.78, 5) is 16.7. The Kier molecular flexibility index (Phi) is 6.11. The maximum Gasteiger partial charge on any atom is 0.534 e. The zero-order valence-electron chi connectivity index (χ0n) is 17.2. The van der Waals surface area contributed by atoms with Gasteiger partial charge >= 0.3 is 15.6 Å². The van der Waals surface area contributed by atoms with Gasteiger partial charge in [0.25, 0.3) is 5.91 Å². The highest BCUT2D eigenvalue weighted by atomic mass is 32.2. The van der Waals surface area contributed by atoms with Crippen molar-refractivity contribution in [3.63, 3.8) is 0 Å². The molecule has 0 bridgehead atoms. The van der Waals surface area contributed by atoms with Crippen molar-refractivity contribution in [2.45, 2.75) is 30.8 Å². The molecule has 172 valence electrons. The van der Waals surface area contributed by atoms with Crippen LogP contribution >= 0.6 is 0 Å². The second-order valence-corrected chi connectivity index (χ2v) is 9.14. The molecule has 0 saturated heterocycles. The summed E-state index contributed by atoms with van der Waals surface area (Å²) in [7, 11) is -5.77. The third-order valence-electron chi connectivity index (χ3n) is 5.42. The smallest absolute Gasteiger partial charge is 0.376 e. The van der Waals surface area contributed by atoms with Crippen molar-refractivity contribution in [1.29, 1.82) is 0 Å². The van der Waals surface area contributed by atoms with Crippen molar-refractivity contribution in [3.8, 4) is 16.9 Å². The number of fused-ring (bicyclic) bond motifs is 1. The molecule has 1 N–H and O–H groups in total. The Morgan fingerprint density at radius 1 is 1.03 bits per heavy atom. The Bertz CT molecular complexity index is 1260. The molecule has 0 spiro atoms. The Hall–Kier alpha value is -3.40. The van der Waals surface area contributed by atoms with E-state index in [0.717, 1.165) is 41.7 Å². The first-order valence-electron chi connectivity index (χ1n) is 10.1. The maximum absolute atomic E-state index is 12.7. The predicted molar refractivity (Wildman–Crippen MR) is 115 cm³/mol. The molecule has 0 radical (unpaired) electrons. The van der Waals surface area contributed by atoms with Crippen molar-refractivity contribution in [2.24, 2.45) is 0 Å². The normalized spacial score (nSPS) is 16.0. The number of aryl methyl sites for hydroxylation is 1. The average molecular weight is 476 g/mol. The molecule has 3 aromatic rings. The summed E-state index contributed by atoms with van der Waals surface area (Å²) >= 11 is 0. The van der Waals surface area contributed by atoms with E-state index in [-0.39, 0.29) is 11.6 Å². The molecule has 4 rings (SSSR count). The van der Waals surface area contributed by atoms with Gasteiger partial charge in [0.2, 0.25) is 0 Å². The van der Waals surface area contributed by atoms with Crippen molar-refractivity contribution >= 4 is 16.0 Å². The van der Waals surface area contributed by atoms with E-state index < -0.39 is 27.3 Å². The number of nitrogens with one attached hydrogen (secondary N) is 1. The van der Waals surface area contributed by atoms with Gasteiger partial charge in [-0.25, -0.2) is 0 Å². The highest BCUT2D eigenvalue weighted by molar-refractivity contribution is 7.88. The number of nitrogens with zero attached hydrogens (tertiary/aromatic N) is 1. The van der Waals surface area contributed by atoms with Crippen LogP contribution in [0.1, 0.15) is 27.9 Å². The SMILES string of the molecule is O=C(N[C@@H]1CCc2cccc(-c3ccncc3)c2C1)c1ccc(OS(=O)(=O)C(F)(F)F)cc1. The van der Waals surface area contributed by atoms with E-state index in [1.807, 2.05) is 24.3 Å². The second kappa shape index (κ2) is 8.86. The van der Waals surface area contributed by atoms with Gasteiger partial charge in [-0.1, -0.05) is 18.2 Å². The molecule has 0 unspecified atom stereocenters. The monoisotopic (exact) mass is 476 g/mol. The lowest BCUT2D eigenvalue weighted by Gasteiger charge is -2.27. The van der Waals surface area contributed by atoms with Gasteiger partial charge in [0.05, 0.1) is 0 Å². The van der Waals surface area contributed by atoms with Crippen LogP contribution in [0.2, 0.25) is 0 Å². The number of rotatable bonds is 5. The largest absolute Gasteiger partial charge is 0.534 e. The minimum Gasteiger partial charge on any atom is -0.376 e. The standard InChI is InChI=1S/C23H19F3N2O4S/c24-23(25,26)33(30,31)32-19-8-5-17(6-9-19)22(29)28-18-7-4-15-2-1-3-20(21(15)14-18)16-10-12-27-13-11-16/h1-3,5-6,8-13,18H,4,7,14H2,(H,28,29)/t18-/m1/s1. The summed E-state index contributed by atoms with van der Waals surface area (Å²) in [6, 6.07) is 14.3. The van der Waals surface area contributed by atoms with E-state index in [2.05, 4.69) is 20.6 Å². The van der Waals surface area contributed by atoms with Gasteiger partial charge in [-0.15, -0.1) is 0 Å². The van der Waals surface area contributed by atoms with Crippen molar-refractivity contribution in [2.75, 3.05) is 0 Å². The average Bonchev–Trinajstić information content (AvgIpc) is 2.78. The van der Waals surface area contributed by atoms with E-state index in [1.165, 1.54) is 17.7 Å². The lowest BCUT2D eigenvalue weighted by atomic mass is 9.83. The highest BCUT2D eigenvalue weighted by Gasteiger charge is 2.48. The molecule has 2 aromatic carbocycles. The van der Waals surface area contributed by atoms with E-state index in [1.54, 1.807) is 12.4 Å². The molecular weight excluding hydrogens is 457 g/mol. The summed E-state index contributed by atoms with van der Waals surface area (Å²) in [5.74, 6) is -0.937. The van der Waals surface area contributed by atoms with Crippen LogP contribution < -0.4 is 9.50 Å². The molecule has 1 aliphatic rings. The first-order valence-corrected chi connectivity index (χ1v) is 11.5. The molecule has 6 nitrogen and oxygen atoms in total. The quantitative estimate of drug-likeness (QED) is 0.439. The van der Waals surface area contributed by atoms with Crippen LogP contribution in [0.3, 0.4) is 0 Å². The molecule has 33 heavy (non-hydrogen) atoms. The number of aromatic nitrogens is 1. The Balaban J connectivity index is 1.46. The van der Waals surface area contributed by atoms with Gasteiger partial charge < -0.3 is 9.50 Å². The number of pyridine rings is 1. The van der Waals surface area contributed by atoms with Crippen molar-refractivity contribution < 1.29 is 30.6 Å². The zero-order chi connectivity index (χ0) is 23.6. The number of alkyl halides is 3. The van der Waals surface area contributed by atoms with Gasteiger partial charge in [0, 0.05) is 24.0 Å². The van der Waals surface area contributed by atoms with E-state index in [9.17, 15) is 26.4 Å². The first-order chi connectivity index (χ1) is 15.6. The van der Waals surface area contributed by atoms with Gasteiger partial charge in [0.15, 0.2) is 0 Å². The molecule has 1 atom stereocenters. The maximum atomic E-state index is 12.7. The summed E-state index contributed by atoms with van der Waals surface area (Å²) < 4.78 is 63.6. The van der Waals surface area contributed by atoms with Gasteiger partial charge in [0.1, 0.15) is 5.75 Å². The summed E-state index contributed by atoms with van der Waals surface area (Å²) in [5, 5.41) is 2.96. The lowest BCUT2D eigenvalue weighted by molar-refractivity contribution is -0.0500. The predicted octanol–water partition coefficient (Wildman–Crippen LogP) is 4.26. The fourth-order valence-corrected chi connectivity index (χ4v) is 4.28. The molecule has 1 aliphatic carbocycles. The number of hydrogen-bond acceptors (Lipinski definition) is 5. The number of carbonyl (C=O) groups is 1. The number of halogens is 3. The third kappa shape index (κ3) is 5.00. The Labute approximate surface area is 188 Å². The summed E-state index contributed by atoms with van der Waals surface area (Å²) in [6.07, 6.45) is 5.61. The molecule has 1 amide bonds. The minimum absolute atomic E-state index is 0.130. The van der Waals surface area contributed by atoms with E-state index in [4.69, 9.17) is 0 Å². The Morgan fingerprint density at radius 3 is 2.39 bits per heavy atom. The lowest BCUT2D eigenvalue weighted by Crippen LogP contribution is -2.39. The zero-order valence-corrected chi connectivity index (χ0v) is 18.0. The van der Waals surface area contributed by atoms with Gasteiger partial charge in [-0.05, 0) is 77.9 Å². The summed E-state index contributed by atoms with van der Waals surface area (Å²) in [6.45, 7) is 0. The highest BCUT2D eigenvalue weighted by Crippen LogP contribution is 2.32. The number of amides is 1. The fraction of sp³-hybridized carbons (Fsp3) is 0.217. The van der Waals surface area contributed by atoms with Crippen molar-refractivity contribution in [1.82, 2.24) is 10.3 Å². The molecule has 1 aromatic heterocycles. The molecule has 0 saturated carbocycles. The third-order valence-corrected chi connectivity index (χ3v) is 6.40. The minimum atomic E-state index is -5.77. The molecule has 1 heterocycles. The van der Waals surface area contributed by atoms with Crippen LogP contribution in [0.5, 0.6) is 5.75 Å². The molecule has 10 heteroatoms. The summed E-state index contributed by atoms with van der Waals surface area (Å²) in [5.41, 5.74) is -0.849. The van der Waals surface area contributed by atoms with Crippen LogP contribution in [0, 0.1) is 0 Å². The number of benzene rings is 2. The molecular formula is C23H19F3N2O4S. The number of carbonyl (C=O) groups excluding carboxylic acids is 1. The molecule has 0 fully saturated rings.